The van der Waals surface area contributed by atoms with Crippen LogP contribution in [0.2, 0.25) is 0 Å². The maximum absolute atomic E-state index is 12.2. The van der Waals surface area contributed by atoms with E-state index in [-0.39, 0.29) is 57.0 Å². The maximum Gasteiger partial charge on any atom is 0.415 e. The Morgan fingerprint density at radius 1 is 0.574 bits per heavy atom. The van der Waals surface area contributed by atoms with Crippen LogP contribution in [0.25, 0.3) is 0 Å². The smallest absolute Gasteiger partial charge is 0.388 e. The van der Waals surface area contributed by atoms with E-state index in [0.717, 1.165) is 12.8 Å². The normalized spacial score (nSPS) is 25.9. The first-order valence-corrected chi connectivity index (χ1v) is 24.9. The van der Waals surface area contributed by atoms with Crippen LogP contribution in [-0.4, -0.2) is 188 Å². The molecule has 0 aromatic heterocycles. The van der Waals surface area contributed by atoms with Crippen molar-refractivity contribution in [3.05, 3.63) is 0 Å². The number of rotatable bonds is 36. The maximum atomic E-state index is 12.2. The van der Waals surface area contributed by atoms with Gasteiger partial charge in [0.25, 0.3) is 0 Å². The summed E-state index contributed by atoms with van der Waals surface area (Å²) in [5.74, 6) is 7.94. The fourth-order valence-corrected chi connectivity index (χ4v) is 7.41. The highest BCUT2D eigenvalue weighted by Gasteiger charge is 2.47. The number of hydrogen-bond acceptors (Lipinski definition) is 24. The molecule has 28 nitrogen and oxygen atoms in total. The molecule has 0 bridgehead atoms. The van der Waals surface area contributed by atoms with E-state index in [4.69, 9.17) is 28.4 Å². The number of carbonyl (C=O) groups excluding carboxylic acids is 4. The minimum absolute atomic E-state index is 0.0284. The Hall–Kier alpha value is -2.86. The van der Waals surface area contributed by atoms with E-state index in [1.807, 2.05) is 6.92 Å². The molecule has 2 rings (SSSR count). The molecule has 0 aromatic rings. The van der Waals surface area contributed by atoms with Gasteiger partial charge in [-0.05, 0) is 25.7 Å². The summed E-state index contributed by atoms with van der Waals surface area (Å²) >= 11 is 0. The lowest BCUT2D eigenvalue weighted by molar-refractivity contribution is -0.269. The molecule has 12 N–H and O–H groups in total. The quantitative estimate of drug-likeness (QED) is 0.0211. The lowest BCUT2D eigenvalue weighted by Gasteiger charge is -2.42. The van der Waals surface area contributed by atoms with E-state index in [1.54, 1.807) is 0 Å². The Bertz CT molecular complexity index is 1590. The van der Waals surface area contributed by atoms with Crippen molar-refractivity contribution in [3.8, 4) is 0 Å². The Morgan fingerprint density at radius 2 is 0.941 bits per heavy atom. The summed E-state index contributed by atoms with van der Waals surface area (Å²) in [5.41, 5.74) is 0. The first kappa shape index (κ1) is 61.3. The summed E-state index contributed by atoms with van der Waals surface area (Å²) in [5, 5.41) is 52.4. The first-order valence-electron chi connectivity index (χ1n) is 22.2. The fraction of sp³-hybridized carbons (Fsp3) is 0.895. The summed E-state index contributed by atoms with van der Waals surface area (Å²) in [7, 11) is -9.10. The van der Waals surface area contributed by atoms with Gasteiger partial charge in [-0.25, -0.2) is 8.37 Å². The van der Waals surface area contributed by atoms with Crippen molar-refractivity contribution in [2.24, 2.45) is 17.7 Å². The topological polar surface area (TPSA) is 410 Å². The number of ether oxygens (including phenoxy) is 6. The molecule has 2 aliphatic rings. The van der Waals surface area contributed by atoms with Gasteiger partial charge in [0.1, 0.15) is 48.7 Å². The van der Waals surface area contributed by atoms with Crippen molar-refractivity contribution in [2.45, 2.75) is 146 Å². The minimum atomic E-state index is -4.55. The highest BCUT2D eigenvalue weighted by Crippen LogP contribution is 2.25. The summed E-state index contributed by atoms with van der Waals surface area (Å²) in [6.07, 6.45) is -5.73. The van der Waals surface area contributed by atoms with Gasteiger partial charge in [0.15, 0.2) is 12.6 Å². The Labute approximate surface area is 396 Å². The molecule has 10 unspecified atom stereocenters. The molecular weight excluding hydrogens is 957 g/mol. The predicted molar refractivity (Wildman–Crippen MR) is 232 cm³/mol. The summed E-state index contributed by atoms with van der Waals surface area (Å²) in [4.78, 5) is 47.8. The van der Waals surface area contributed by atoms with Gasteiger partial charge in [-0.2, -0.15) is 37.2 Å². The van der Waals surface area contributed by atoms with Crippen molar-refractivity contribution in [3.63, 3.8) is 0 Å². The molecule has 4 amide bonds. The van der Waals surface area contributed by atoms with Crippen LogP contribution >= 0.6 is 0 Å². The molecule has 0 spiro atoms. The van der Waals surface area contributed by atoms with Crippen molar-refractivity contribution in [2.75, 3.05) is 65.9 Å². The van der Waals surface area contributed by atoms with E-state index < -0.39 is 107 Å². The van der Waals surface area contributed by atoms with Crippen LogP contribution in [0.1, 0.15) is 85.0 Å². The number of unbranched alkanes of at least 4 members (excludes halogenated alkanes) is 6. The Morgan fingerprint density at radius 3 is 1.29 bits per heavy atom. The van der Waals surface area contributed by atoms with Gasteiger partial charge < -0.3 is 70.1 Å². The molecule has 398 valence electrons. The van der Waals surface area contributed by atoms with Gasteiger partial charge in [-0.15, -0.1) is 0 Å². The van der Waals surface area contributed by atoms with Crippen molar-refractivity contribution in [1.82, 2.24) is 21.3 Å². The molecule has 68 heavy (non-hydrogen) atoms. The highest BCUT2D eigenvalue weighted by atomic mass is 32.3. The van der Waals surface area contributed by atoms with E-state index >= 15 is 0 Å². The molecule has 10 atom stereocenters. The van der Waals surface area contributed by atoms with E-state index in [0.29, 0.717) is 64.8 Å². The third-order valence-electron chi connectivity index (χ3n) is 10.2. The zero-order valence-corrected chi connectivity index (χ0v) is 40.2. The largest absolute Gasteiger partial charge is 0.415 e. The Balaban J connectivity index is 1.48. The van der Waals surface area contributed by atoms with Crippen LogP contribution in [0.3, 0.4) is 0 Å². The third kappa shape index (κ3) is 24.8. The zero-order chi connectivity index (χ0) is 50.7. The number of carbonyl (C=O) groups is 4. The van der Waals surface area contributed by atoms with Gasteiger partial charge in [0, 0.05) is 58.9 Å². The summed E-state index contributed by atoms with van der Waals surface area (Å²) < 4.78 is 95.9. The number of amides is 4. The molecule has 0 aromatic carbocycles. The highest BCUT2D eigenvalue weighted by molar-refractivity contribution is 7.82. The lowest BCUT2D eigenvalue weighted by atomic mass is 9.97. The average Bonchev–Trinajstić information content (AvgIpc) is 3.29. The van der Waals surface area contributed by atoms with Gasteiger partial charge in [-0.1, -0.05) is 32.6 Å². The molecule has 2 aliphatic heterocycles. The number of nitrogens with two attached hydrogens (primary N) is 2. The lowest BCUT2D eigenvalue weighted by Crippen LogP contribution is -2.64. The Kier molecular flexibility index (Phi) is 29.7. The van der Waals surface area contributed by atoms with E-state index in [1.165, 1.54) is 13.8 Å². The van der Waals surface area contributed by atoms with Crippen molar-refractivity contribution in [1.29, 1.82) is 0 Å². The second-order valence-corrected chi connectivity index (χ2v) is 18.6. The monoisotopic (exact) mass is 1030 g/mol. The number of hydrogen-bond donors (Lipinski definition) is 10. The molecule has 0 aliphatic carbocycles. The average molecular weight is 1030 g/mol. The van der Waals surface area contributed by atoms with Crippen LogP contribution in [0.15, 0.2) is 0 Å². The third-order valence-corrected chi connectivity index (χ3v) is 11.6. The number of nitrogens with one attached hydrogen (secondary N) is 4. The second-order valence-electron chi connectivity index (χ2n) is 16.1. The predicted octanol–water partition coefficient (Wildman–Crippen LogP) is -3.97. The van der Waals surface area contributed by atoms with E-state index in [2.05, 4.69) is 50.0 Å². The van der Waals surface area contributed by atoms with Crippen LogP contribution in [0, 0.1) is 5.92 Å². The van der Waals surface area contributed by atoms with Crippen LogP contribution < -0.4 is 33.1 Å². The number of aliphatic hydroxyl groups is 4. The molecule has 2 saturated heterocycles. The molecule has 2 fully saturated rings. The van der Waals surface area contributed by atoms with Crippen molar-refractivity contribution < 1.29 is 102 Å². The van der Waals surface area contributed by atoms with Gasteiger partial charge in [-0.3, -0.25) is 19.2 Å². The van der Waals surface area contributed by atoms with Gasteiger partial charge in [0.2, 0.25) is 23.6 Å². The fourth-order valence-electron chi connectivity index (χ4n) is 6.70. The molecule has 30 heteroatoms. The molecule has 2 heterocycles. The second kappa shape index (κ2) is 32.9. The summed E-state index contributed by atoms with van der Waals surface area (Å²) in [6, 6.07) is -2.29. The first-order chi connectivity index (χ1) is 32.2. The summed E-state index contributed by atoms with van der Waals surface area (Å²) in [6.45, 7) is 5.25. The minimum Gasteiger partial charge on any atom is -0.388 e. The molecule has 0 saturated carbocycles. The standard InChI is InChI=1S/C38H72N6O22S2/c1-24(20-57-18-12-29(47)41-14-8-4-6-10-16-59-37-31(43-25(2)45)35(51)33(49)27(63-37)22-61-67(53,54)65-39)21-58-19-13-30(48)42-15-9-5-7-11-17-60-38-32(44-26(3)46)36(52)34(50)28(64-38)23-62-68(55,56)66-40/h24,27-28,31-38,49-52H,4-23,39-40H2,1-3H3,(H,41,47)(H,42,48)(H,43,45)(H,44,46). The number of aliphatic hydroxyl groups excluding tert-OH is 4. The zero-order valence-electron chi connectivity index (χ0n) is 38.6. The van der Waals surface area contributed by atoms with Crippen LogP contribution in [-0.2, 0) is 85.3 Å². The molecule has 0 radical (unpaired) electrons. The van der Waals surface area contributed by atoms with Gasteiger partial charge >= 0.3 is 20.8 Å². The van der Waals surface area contributed by atoms with E-state index in [9.17, 15) is 56.4 Å². The van der Waals surface area contributed by atoms with Crippen LogP contribution in [0.4, 0.5) is 0 Å². The molecular formula is C38H72N6O22S2. The van der Waals surface area contributed by atoms with Crippen LogP contribution in [0.5, 0.6) is 0 Å². The van der Waals surface area contributed by atoms with Gasteiger partial charge in [0.05, 0.1) is 39.6 Å². The SMILES string of the molecule is CC(=O)NC1C(OCCCCCCNC(=O)CCOCC(C)COCCC(=O)NCCCCCCOC2OC(COS(=O)(=O)ON)C(O)C(O)C2NC(C)=O)OC(COS(=O)(=O)ON)C(O)C1O. The van der Waals surface area contributed by atoms with Crippen molar-refractivity contribution >= 4 is 44.4 Å².